The summed E-state index contributed by atoms with van der Waals surface area (Å²) < 4.78 is 36.3. The van der Waals surface area contributed by atoms with E-state index in [0.717, 1.165) is 22.3 Å². The van der Waals surface area contributed by atoms with Crippen LogP contribution in [0.25, 0.3) is 11.1 Å². The fraction of sp³-hybridized carbons (Fsp3) is 0.231. The Kier molecular flexibility index (Phi) is 5.54. The highest BCUT2D eigenvalue weighted by Crippen LogP contribution is 2.44. The van der Waals surface area contributed by atoms with Gasteiger partial charge in [-0.1, -0.05) is 72.8 Å². The lowest BCUT2D eigenvalue weighted by atomic mass is 9.98. The largest absolute Gasteiger partial charge is 0.448 e. The van der Waals surface area contributed by atoms with Gasteiger partial charge in [0.15, 0.2) is 6.73 Å². The summed E-state index contributed by atoms with van der Waals surface area (Å²) in [5, 5.41) is 0. The molecule has 3 aromatic rings. The van der Waals surface area contributed by atoms with Crippen molar-refractivity contribution in [3.8, 4) is 11.1 Å². The number of cyclic esters (lactones) is 1. The third-order valence-corrected chi connectivity index (χ3v) is 6.23. The molecule has 0 bridgehead atoms. The number of rotatable bonds is 5. The van der Waals surface area contributed by atoms with E-state index in [-0.39, 0.29) is 31.2 Å². The Morgan fingerprint density at radius 1 is 0.970 bits per heavy atom. The van der Waals surface area contributed by atoms with Gasteiger partial charge < -0.3 is 9.47 Å². The molecule has 0 aromatic heterocycles. The number of ether oxygens (including phenoxy) is 2. The van der Waals surface area contributed by atoms with Gasteiger partial charge in [0.25, 0.3) is 6.43 Å². The van der Waals surface area contributed by atoms with Crippen molar-refractivity contribution < 1.29 is 27.8 Å². The maximum atomic E-state index is 12.9. The number of alkyl halides is 2. The third-order valence-electron chi connectivity index (χ3n) is 6.23. The van der Waals surface area contributed by atoms with Crippen LogP contribution in [0.5, 0.6) is 0 Å². The maximum absolute atomic E-state index is 12.9. The number of halogens is 2. The second-order valence-electron chi connectivity index (χ2n) is 8.13. The Morgan fingerprint density at radius 3 is 2.18 bits per heavy atom. The van der Waals surface area contributed by atoms with Crippen LogP contribution in [-0.2, 0) is 20.7 Å². The molecule has 7 heteroatoms. The van der Waals surface area contributed by atoms with Crippen LogP contribution in [0, 0.1) is 0 Å². The maximum Gasteiger partial charge on any atom is 0.413 e. The Bertz CT molecular complexity index is 1150. The second kappa shape index (κ2) is 8.65. The standard InChI is InChI=1S/C26H21F2NO4/c27-24(28)17-11-9-16(10-12-17)13-23-25(30)33-15-29(23)26(31)32-14-22-20-7-3-1-5-18(20)19-6-2-4-8-21(19)22/h1-12,22-24H,13-15H2/t23-/m0/s1. The average Bonchev–Trinajstić information content (AvgIpc) is 3.36. The van der Waals surface area contributed by atoms with Crippen molar-refractivity contribution in [1.29, 1.82) is 0 Å². The van der Waals surface area contributed by atoms with E-state index in [2.05, 4.69) is 12.1 Å². The molecule has 168 valence electrons. The zero-order valence-electron chi connectivity index (χ0n) is 17.6. The fourth-order valence-corrected chi connectivity index (χ4v) is 4.52. The zero-order valence-corrected chi connectivity index (χ0v) is 17.6. The number of nitrogens with zero attached hydrogens (tertiary/aromatic N) is 1. The van der Waals surface area contributed by atoms with Crippen molar-refractivity contribution in [2.24, 2.45) is 0 Å². The van der Waals surface area contributed by atoms with Crippen LogP contribution in [0.15, 0.2) is 72.8 Å². The van der Waals surface area contributed by atoms with Crippen molar-refractivity contribution in [3.63, 3.8) is 0 Å². The summed E-state index contributed by atoms with van der Waals surface area (Å²) in [6.45, 7) is -0.0668. The number of benzene rings is 3. The summed E-state index contributed by atoms with van der Waals surface area (Å²) in [5.74, 6) is -0.637. The van der Waals surface area contributed by atoms with Gasteiger partial charge in [-0.05, 0) is 27.8 Å². The molecule has 33 heavy (non-hydrogen) atoms. The minimum Gasteiger partial charge on any atom is -0.448 e. The first kappa shape index (κ1) is 21.1. The minimum absolute atomic E-state index is 0.0962. The van der Waals surface area contributed by atoms with Gasteiger partial charge in [0.1, 0.15) is 12.6 Å². The van der Waals surface area contributed by atoms with Gasteiger partial charge in [0.05, 0.1) is 0 Å². The van der Waals surface area contributed by atoms with Gasteiger partial charge in [-0.3, -0.25) is 4.90 Å². The normalized spacial score (nSPS) is 17.1. The highest BCUT2D eigenvalue weighted by Gasteiger charge is 2.39. The fourth-order valence-electron chi connectivity index (χ4n) is 4.52. The van der Waals surface area contributed by atoms with E-state index in [1.54, 1.807) is 0 Å². The Morgan fingerprint density at radius 2 is 1.58 bits per heavy atom. The number of carbonyl (C=O) groups is 2. The summed E-state index contributed by atoms with van der Waals surface area (Å²) in [6.07, 6.45) is -3.04. The first-order valence-corrected chi connectivity index (χ1v) is 10.7. The van der Waals surface area contributed by atoms with Gasteiger partial charge in [0, 0.05) is 17.9 Å². The Hall–Kier alpha value is -3.74. The summed E-state index contributed by atoms with van der Waals surface area (Å²) >= 11 is 0. The van der Waals surface area contributed by atoms with Gasteiger partial charge in [-0.15, -0.1) is 0 Å². The Labute approximate surface area is 189 Å². The van der Waals surface area contributed by atoms with Crippen molar-refractivity contribution in [2.75, 3.05) is 13.3 Å². The average molecular weight is 449 g/mol. The molecule has 0 unspecified atom stereocenters. The zero-order chi connectivity index (χ0) is 22.9. The molecule has 0 N–H and O–H groups in total. The van der Waals surface area contributed by atoms with Crippen LogP contribution in [0.4, 0.5) is 13.6 Å². The number of esters is 1. The van der Waals surface area contributed by atoms with E-state index in [4.69, 9.17) is 9.47 Å². The van der Waals surface area contributed by atoms with Crippen molar-refractivity contribution >= 4 is 12.1 Å². The van der Waals surface area contributed by atoms with Gasteiger partial charge >= 0.3 is 12.1 Å². The monoisotopic (exact) mass is 449 g/mol. The highest BCUT2D eigenvalue weighted by molar-refractivity contribution is 5.84. The number of fused-ring (bicyclic) bond motifs is 3. The molecular formula is C26H21F2NO4. The molecule has 1 atom stereocenters. The first-order valence-electron chi connectivity index (χ1n) is 10.7. The molecule has 1 heterocycles. The lowest BCUT2D eigenvalue weighted by Crippen LogP contribution is -2.40. The lowest BCUT2D eigenvalue weighted by Gasteiger charge is -2.21. The molecule has 1 aliphatic carbocycles. The van der Waals surface area contributed by atoms with E-state index in [9.17, 15) is 18.4 Å². The van der Waals surface area contributed by atoms with E-state index in [1.165, 1.54) is 29.2 Å². The molecule has 0 radical (unpaired) electrons. The summed E-state index contributed by atoms with van der Waals surface area (Å²) in [6, 6.07) is 20.9. The number of amides is 1. The summed E-state index contributed by atoms with van der Waals surface area (Å²) in [4.78, 5) is 26.4. The second-order valence-corrected chi connectivity index (χ2v) is 8.13. The highest BCUT2D eigenvalue weighted by atomic mass is 19.3. The third kappa shape index (κ3) is 3.95. The SMILES string of the molecule is O=C1OCN(C(=O)OCC2c3ccccc3-c3ccccc32)[C@H]1Cc1ccc(C(F)F)cc1. The molecule has 0 spiro atoms. The number of hydrogen-bond acceptors (Lipinski definition) is 4. The van der Waals surface area contributed by atoms with Crippen molar-refractivity contribution in [2.45, 2.75) is 24.8 Å². The van der Waals surface area contributed by atoms with Gasteiger partial charge in [0.2, 0.25) is 0 Å². The topological polar surface area (TPSA) is 55.8 Å². The molecule has 2 aliphatic rings. The number of carbonyl (C=O) groups excluding carboxylic acids is 2. The van der Waals surface area contributed by atoms with Crippen molar-refractivity contribution in [3.05, 3.63) is 95.1 Å². The van der Waals surface area contributed by atoms with Crippen LogP contribution >= 0.6 is 0 Å². The number of hydrogen-bond donors (Lipinski definition) is 0. The van der Waals surface area contributed by atoms with Crippen molar-refractivity contribution in [1.82, 2.24) is 4.90 Å². The lowest BCUT2D eigenvalue weighted by molar-refractivity contribution is -0.139. The van der Waals surface area contributed by atoms with E-state index >= 15 is 0 Å². The summed E-state index contributed by atoms with van der Waals surface area (Å²) in [5.41, 5.74) is 4.99. The molecule has 3 aromatic carbocycles. The van der Waals surface area contributed by atoms with E-state index in [0.29, 0.717) is 5.56 Å². The molecule has 1 aliphatic heterocycles. The van der Waals surface area contributed by atoms with Gasteiger partial charge in [-0.2, -0.15) is 0 Å². The molecular weight excluding hydrogens is 428 g/mol. The summed E-state index contributed by atoms with van der Waals surface area (Å²) in [7, 11) is 0. The van der Waals surface area contributed by atoms with Crippen LogP contribution < -0.4 is 0 Å². The molecule has 1 fully saturated rings. The Balaban J connectivity index is 1.29. The quantitative estimate of drug-likeness (QED) is 0.496. The van der Waals surface area contributed by atoms with E-state index < -0.39 is 24.5 Å². The molecule has 5 rings (SSSR count). The minimum atomic E-state index is -2.56. The van der Waals surface area contributed by atoms with Crippen LogP contribution in [0.2, 0.25) is 0 Å². The van der Waals surface area contributed by atoms with Gasteiger partial charge in [-0.25, -0.2) is 18.4 Å². The van der Waals surface area contributed by atoms with Crippen LogP contribution in [0.3, 0.4) is 0 Å². The smallest absolute Gasteiger partial charge is 0.413 e. The molecule has 1 saturated heterocycles. The van der Waals surface area contributed by atoms with E-state index in [1.807, 2.05) is 36.4 Å². The molecule has 1 amide bonds. The van der Waals surface area contributed by atoms with Crippen LogP contribution in [0.1, 0.15) is 34.6 Å². The molecule has 0 saturated carbocycles. The van der Waals surface area contributed by atoms with Crippen LogP contribution in [-0.4, -0.2) is 36.3 Å². The first-order chi connectivity index (χ1) is 16.0. The predicted octanol–water partition coefficient (Wildman–Crippen LogP) is 5.30. The molecule has 5 nitrogen and oxygen atoms in total. The predicted molar refractivity (Wildman–Crippen MR) is 117 cm³/mol.